The van der Waals surface area contributed by atoms with E-state index in [9.17, 15) is 4.79 Å². The van der Waals surface area contributed by atoms with Crippen molar-refractivity contribution in [3.05, 3.63) is 77.2 Å². The third-order valence-electron chi connectivity index (χ3n) is 6.36. The van der Waals surface area contributed by atoms with Gasteiger partial charge in [0.2, 0.25) is 5.91 Å². The minimum Gasteiger partial charge on any atom is -0.463 e. The molecule has 1 atom stereocenters. The summed E-state index contributed by atoms with van der Waals surface area (Å²) in [6, 6.07) is 11.8. The zero-order valence-electron chi connectivity index (χ0n) is 20.7. The molecule has 2 aliphatic rings. The van der Waals surface area contributed by atoms with E-state index in [4.69, 9.17) is 19.9 Å². The summed E-state index contributed by atoms with van der Waals surface area (Å²) >= 11 is 0. The van der Waals surface area contributed by atoms with Crippen LogP contribution in [0.2, 0.25) is 0 Å². The van der Waals surface area contributed by atoms with Crippen LogP contribution in [-0.4, -0.2) is 60.0 Å². The first-order chi connectivity index (χ1) is 18.1. The Bertz CT molecular complexity index is 1290. The molecule has 8 heteroatoms. The first-order valence-corrected chi connectivity index (χ1v) is 12.6. The number of nitrogens with zero attached hydrogens (tertiary/aromatic N) is 3. The number of hydrogen-bond donors (Lipinski definition) is 1. The lowest BCUT2D eigenvalue weighted by atomic mass is 10.1. The van der Waals surface area contributed by atoms with Gasteiger partial charge in [-0.1, -0.05) is 24.0 Å². The Morgan fingerprint density at radius 3 is 2.59 bits per heavy atom. The monoisotopic (exact) mass is 498 g/mol. The van der Waals surface area contributed by atoms with Gasteiger partial charge in [-0.3, -0.25) is 19.7 Å². The van der Waals surface area contributed by atoms with E-state index in [1.54, 1.807) is 18.5 Å². The molecule has 1 aromatic carbocycles. The molecule has 8 nitrogen and oxygen atoms in total. The average molecular weight is 499 g/mol. The molecule has 190 valence electrons. The minimum absolute atomic E-state index is 0.306. The third-order valence-corrected chi connectivity index (χ3v) is 6.36. The highest BCUT2D eigenvalue weighted by molar-refractivity contribution is 5.93. The van der Waals surface area contributed by atoms with Gasteiger partial charge in [0.05, 0.1) is 25.4 Å². The van der Waals surface area contributed by atoms with Gasteiger partial charge >= 0.3 is 0 Å². The molecule has 37 heavy (non-hydrogen) atoms. The Kier molecular flexibility index (Phi) is 8.06. The lowest BCUT2D eigenvalue weighted by molar-refractivity contribution is -0.105. The van der Waals surface area contributed by atoms with E-state index in [1.807, 2.05) is 18.2 Å². The van der Waals surface area contributed by atoms with E-state index in [1.165, 1.54) is 11.8 Å². The number of benzene rings is 1. The molecule has 0 saturated carbocycles. The minimum atomic E-state index is -0.550. The Morgan fingerprint density at radius 2 is 1.84 bits per heavy atom. The highest BCUT2D eigenvalue weighted by Crippen LogP contribution is 2.31. The smallest absolute Gasteiger partial charge is 0.250 e. The first-order valence-electron chi connectivity index (χ1n) is 12.6. The summed E-state index contributed by atoms with van der Waals surface area (Å²) in [7, 11) is 0. The number of rotatable bonds is 6. The van der Waals surface area contributed by atoms with Gasteiger partial charge in [-0.05, 0) is 42.7 Å². The Hall–Kier alpha value is -3.77. The van der Waals surface area contributed by atoms with E-state index in [0.717, 1.165) is 57.7 Å². The number of nitrogens with two attached hydrogens (primary N) is 1. The van der Waals surface area contributed by atoms with Crippen molar-refractivity contribution in [3.63, 3.8) is 0 Å². The van der Waals surface area contributed by atoms with E-state index < -0.39 is 5.91 Å². The zero-order chi connectivity index (χ0) is 25.5. The van der Waals surface area contributed by atoms with Crippen molar-refractivity contribution in [1.82, 2.24) is 14.9 Å². The van der Waals surface area contributed by atoms with E-state index in [0.29, 0.717) is 34.7 Å². The maximum atomic E-state index is 11.7. The summed E-state index contributed by atoms with van der Waals surface area (Å²) in [4.78, 5) is 22.8. The molecule has 2 aliphatic heterocycles. The van der Waals surface area contributed by atoms with Crippen LogP contribution in [0.5, 0.6) is 5.75 Å². The maximum absolute atomic E-state index is 11.7. The summed E-state index contributed by atoms with van der Waals surface area (Å²) in [6.07, 6.45) is 7.26. The highest BCUT2D eigenvalue weighted by Gasteiger charge is 2.19. The van der Waals surface area contributed by atoms with Crippen LogP contribution in [0.4, 0.5) is 0 Å². The van der Waals surface area contributed by atoms with Crippen molar-refractivity contribution in [2.24, 2.45) is 5.73 Å². The molecule has 1 amide bonds. The Labute approximate surface area is 216 Å². The summed E-state index contributed by atoms with van der Waals surface area (Å²) in [5.41, 5.74) is 9.84. The molecule has 5 rings (SSSR count). The quantitative estimate of drug-likeness (QED) is 0.520. The van der Waals surface area contributed by atoms with Crippen LogP contribution in [0.25, 0.3) is 11.3 Å². The third kappa shape index (κ3) is 6.71. The van der Waals surface area contributed by atoms with Gasteiger partial charge in [-0.15, -0.1) is 0 Å². The van der Waals surface area contributed by atoms with Gasteiger partial charge < -0.3 is 19.9 Å². The Balaban J connectivity index is 1.37. The second-order valence-electron chi connectivity index (χ2n) is 9.15. The number of hydrogen-bond acceptors (Lipinski definition) is 7. The molecule has 2 fully saturated rings. The van der Waals surface area contributed by atoms with Gasteiger partial charge in [-0.2, -0.15) is 0 Å². The maximum Gasteiger partial charge on any atom is 0.250 e. The molecule has 2 N–H and O–H groups in total. The predicted octanol–water partition coefficient (Wildman–Crippen LogP) is 3.38. The number of pyridine rings is 2. The van der Waals surface area contributed by atoms with Crippen LogP contribution in [0, 0.1) is 11.8 Å². The summed E-state index contributed by atoms with van der Waals surface area (Å²) in [5.74, 6) is 6.40. The zero-order valence-corrected chi connectivity index (χ0v) is 20.7. The average Bonchev–Trinajstić information content (AvgIpc) is 2.94. The lowest BCUT2D eigenvalue weighted by Crippen LogP contribution is -2.35. The molecule has 1 unspecified atom stereocenters. The first kappa shape index (κ1) is 24.9. The van der Waals surface area contributed by atoms with Crippen molar-refractivity contribution in [3.8, 4) is 28.8 Å². The molecule has 2 saturated heterocycles. The number of primary amides is 1. The Morgan fingerprint density at radius 1 is 1.03 bits per heavy atom. The second-order valence-corrected chi connectivity index (χ2v) is 9.15. The van der Waals surface area contributed by atoms with Crippen LogP contribution in [0.3, 0.4) is 0 Å². The highest BCUT2D eigenvalue weighted by atomic mass is 16.7. The van der Waals surface area contributed by atoms with Crippen LogP contribution in [-0.2, 0) is 16.0 Å². The molecule has 4 heterocycles. The fourth-order valence-corrected chi connectivity index (χ4v) is 4.32. The number of ether oxygens (including phenoxy) is 3. The molecule has 0 aliphatic carbocycles. The molecular formula is C29H30N4O4. The standard InChI is InChI=1S/C29H30N4O4/c30-29(34)25-16-24(18-31-19-25)28-26(37-27-3-1-2-12-36-27)15-23(17-32-28)9-6-21-4-7-22(8-5-21)20-33-10-13-35-14-11-33/h4-5,7-8,15-19,27H,1-3,10-14,20H2,(H2,30,34). The second kappa shape index (κ2) is 12.0. The van der Waals surface area contributed by atoms with Crippen LogP contribution in [0.15, 0.2) is 55.0 Å². The molecule has 3 aromatic rings. The van der Waals surface area contributed by atoms with E-state index >= 15 is 0 Å². The summed E-state index contributed by atoms with van der Waals surface area (Å²) in [5, 5.41) is 0. The summed E-state index contributed by atoms with van der Waals surface area (Å²) in [6.45, 7) is 5.09. The number of amides is 1. The molecule has 0 radical (unpaired) electrons. The van der Waals surface area contributed by atoms with Crippen LogP contribution in [0.1, 0.15) is 46.3 Å². The van der Waals surface area contributed by atoms with Crippen LogP contribution < -0.4 is 10.5 Å². The molecule has 0 spiro atoms. The number of aromatic nitrogens is 2. The largest absolute Gasteiger partial charge is 0.463 e. The fourth-order valence-electron chi connectivity index (χ4n) is 4.32. The van der Waals surface area contributed by atoms with Crippen molar-refractivity contribution < 1.29 is 19.0 Å². The fraction of sp³-hybridized carbons (Fsp3) is 0.345. The van der Waals surface area contributed by atoms with E-state index in [2.05, 4.69) is 38.8 Å². The number of carbonyl (C=O) groups excluding carboxylic acids is 1. The molecule has 0 bridgehead atoms. The predicted molar refractivity (Wildman–Crippen MR) is 139 cm³/mol. The SMILES string of the molecule is NC(=O)c1cncc(-c2ncc(C#Cc3ccc(CN4CCOCC4)cc3)cc2OC2CCCCO2)c1. The normalized spacial score (nSPS) is 18.0. The molecule has 2 aromatic heterocycles. The molecular weight excluding hydrogens is 468 g/mol. The van der Waals surface area contributed by atoms with Gasteiger partial charge in [0.15, 0.2) is 6.29 Å². The van der Waals surface area contributed by atoms with Gasteiger partial charge in [-0.25, -0.2) is 0 Å². The lowest BCUT2D eigenvalue weighted by Gasteiger charge is -2.26. The van der Waals surface area contributed by atoms with Crippen molar-refractivity contribution in [2.45, 2.75) is 32.1 Å². The topological polar surface area (TPSA) is 99.8 Å². The van der Waals surface area contributed by atoms with E-state index in [-0.39, 0.29) is 6.29 Å². The van der Waals surface area contributed by atoms with Crippen molar-refractivity contribution >= 4 is 5.91 Å². The van der Waals surface area contributed by atoms with Crippen LogP contribution >= 0.6 is 0 Å². The number of morpholine rings is 1. The summed E-state index contributed by atoms with van der Waals surface area (Å²) < 4.78 is 17.4. The van der Waals surface area contributed by atoms with Gasteiger partial charge in [0.25, 0.3) is 0 Å². The number of carbonyl (C=O) groups is 1. The van der Waals surface area contributed by atoms with Crippen molar-refractivity contribution in [1.29, 1.82) is 0 Å². The van der Waals surface area contributed by atoms with Gasteiger partial charge in [0.1, 0.15) is 11.4 Å². The van der Waals surface area contributed by atoms with Crippen molar-refractivity contribution in [2.75, 3.05) is 32.9 Å². The van der Waals surface area contributed by atoms with Gasteiger partial charge in [0, 0.05) is 61.3 Å².